The molecule has 80 valence electrons. The lowest BCUT2D eigenvalue weighted by atomic mass is 10.0. The standard InChI is InChI=1S/C13H16O2/c1-9-7-12(5-6-13(14)15-4)8-10(2)11(9)3/h5-8H,1-4H3/b6-5+. The first-order chi connectivity index (χ1) is 7.04. The topological polar surface area (TPSA) is 26.3 Å². The Morgan fingerprint density at radius 3 is 2.20 bits per heavy atom. The highest BCUT2D eigenvalue weighted by atomic mass is 16.5. The number of ether oxygens (including phenoxy) is 1. The zero-order valence-corrected chi connectivity index (χ0v) is 9.63. The fraction of sp³-hybridized carbons (Fsp3) is 0.308. The average Bonchev–Trinajstić information content (AvgIpc) is 2.22. The zero-order valence-electron chi connectivity index (χ0n) is 9.63. The van der Waals surface area contributed by atoms with Crippen molar-refractivity contribution >= 4 is 12.0 Å². The Morgan fingerprint density at radius 2 is 1.73 bits per heavy atom. The van der Waals surface area contributed by atoms with Crippen LogP contribution in [0.2, 0.25) is 0 Å². The molecule has 0 heterocycles. The summed E-state index contributed by atoms with van der Waals surface area (Å²) in [5, 5.41) is 0. The minimum Gasteiger partial charge on any atom is -0.466 e. The van der Waals surface area contributed by atoms with Gasteiger partial charge in [-0.25, -0.2) is 4.79 Å². The Balaban J connectivity index is 2.97. The predicted molar refractivity (Wildman–Crippen MR) is 61.7 cm³/mol. The summed E-state index contributed by atoms with van der Waals surface area (Å²) in [5.74, 6) is -0.328. The summed E-state index contributed by atoms with van der Waals surface area (Å²) in [6, 6.07) is 4.11. The van der Waals surface area contributed by atoms with Crippen LogP contribution in [0, 0.1) is 20.8 Å². The molecular formula is C13H16O2. The van der Waals surface area contributed by atoms with Crippen molar-refractivity contribution < 1.29 is 9.53 Å². The Labute approximate surface area is 90.6 Å². The summed E-state index contributed by atoms with van der Waals surface area (Å²) in [6.45, 7) is 6.23. The predicted octanol–water partition coefficient (Wildman–Crippen LogP) is 2.80. The second-order valence-electron chi connectivity index (χ2n) is 3.64. The minimum absolute atomic E-state index is 0.328. The highest BCUT2D eigenvalue weighted by Crippen LogP contribution is 2.16. The van der Waals surface area contributed by atoms with Crippen LogP contribution in [0.1, 0.15) is 22.3 Å². The highest BCUT2D eigenvalue weighted by Gasteiger charge is 1.99. The summed E-state index contributed by atoms with van der Waals surface area (Å²) in [7, 11) is 1.37. The Hall–Kier alpha value is -1.57. The molecule has 0 aliphatic carbocycles. The van der Waals surface area contributed by atoms with Crippen LogP contribution in [0.3, 0.4) is 0 Å². The van der Waals surface area contributed by atoms with Gasteiger partial charge in [0.2, 0.25) is 0 Å². The third-order valence-corrected chi connectivity index (χ3v) is 2.56. The third-order valence-electron chi connectivity index (χ3n) is 2.56. The van der Waals surface area contributed by atoms with E-state index in [1.54, 1.807) is 6.08 Å². The second kappa shape index (κ2) is 4.78. The lowest BCUT2D eigenvalue weighted by Gasteiger charge is -2.05. The maximum atomic E-state index is 10.9. The van der Waals surface area contributed by atoms with E-state index >= 15 is 0 Å². The average molecular weight is 204 g/mol. The van der Waals surface area contributed by atoms with Crippen LogP contribution in [0.5, 0.6) is 0 Å². The van der Waals surface area contributed by atoms with Gasteiger partial charge in [-0.1, -0.05) is 12.1 Å². The van der Waals surface area contributed by atoms with E-state index in [4.69, 9.17) is 0 Å². The number of aryl methyl sites for hydroxylation is 2. The molecule has 1 rings (SSSR count). The fourth-order valence-electron chi connectivity index (χ4n) is 1.40. The molecule has 0 amide bonds. The molecule has 0 saturated heterocycles. The second-order valence-corrected chi connectivity index (χ2v) is 3.64. The lowest BCUT2D eigenvalue weighted by molar-refractivity contribution is -0.134. The van der Waals surface area contributed by atoms with Crippen LogP contribution < -0.4 is 0 Å². The van der Waals surface area contributed by atoms with Gasteiger partial charge >= 0.3 is 5.97 Å². The number of esters is 1. The molecule has 0 N–H and O–H groups in total. The van der Waals surface area contributed by atoms with Crippen LogP contribution >= 0.6 is 0 Å². The first-order valence-electron chi connectivity index (χ1n) is 4.88. The van der Waals surface area contributed by atoms with E-state index in [-0.39, 0.29) is 5.97 Å². The summed E-state index contributed by atoms with van der Waals surface area (Å²) >= 11 is 0. The van der Waals surface area contributed by atoms with Crippen LogP contribution in [0.4, 0.5) is 0 Å². The molecule has 0 fully saturated rings. The van der Waals surface area contributed by atoms with Crippen molar-refractivity contribution in [2.45, 2.75) is 20.8 Å². The van der Waals surface area contributed by atoms with E-state index in [1.807, 2.05) is 0 Å². The molecule has 2 heteroatoms. The van der Waals surface area contributed by atoms with Gasteiger partial charge < -0.3 is 4.74 Å². The molecular weight excluding hydrogens is 188 g/mol. The van der Waals surface area contributed by atoms with Crippen molar-refractivity contribution in [1.29, 1.82) is 0 Å². The van der Waals surface area contributed by atoms with Gasteiger partial charge in [0.1, 0.15) is 0 Å². The van der Waals surface area contributed by atoms with Gasteiger partial charge in [0.05, 0.1) is 7.11 Å². The molecule has 0 bridgehead atoms. The molecule has 0 aliphatic rings. The Morgan fingerprint density at radius 1 is 1.20 bits per heavy atom. The number of hydrogen-bond donors (Lipinski definition) is 0. The van der Waals surface area contributed by atoms with Crippen molar-refractivity contribution in [2.24, 2.45) is 0 Å². The van der Waals surface area contributed by atoms with E-state index in [0.29, 0.717) is 0 Å². The van der Waals surface area contributed by atoms with Gasteiger partial charge in [-0.2, -0.15) is 0 Å². The SMILES string of the molecule is COC(=O)/C=C/c1cc(C)c(C)c(C)c1. The van der Waals surface area contributed by atoms with Gasteiger partial charge in [0.25, 0.3) is 0 Å². The molecule has 2 nitrogen and oxygen atoms in total. The number of carbonyl (C=O) groups excluding carboxylic acids is 1. The van der Waals surface area contributed by atoms with Crippen molar-refractivity contribution in [2.75, 3.05) is 7.11 Å². The normalized spacial score (nSPS) is 10.7. The monoisotopic (exact) mass is 204 g/mol. The molecule has 0 spiro atoms. The number of benzene rings is 1. The van der Waals surface area contributed by atoms with Crippen molar-refractivity contribution in [3.8, 4) is 0 Å². The van der Waals surface area contributed by atoms with E-state index in [9.17, 15) is 4.79 Å². The van der Waals surface area contributed by atoms with Crippen LogP contribution in [-0.2, 0) is 9.53 Å². The third kappa shape index (κ3) is 2.94. The van der Waals surface area contributed by atoms with E-state index in [0.717, 1.165) is 5.56 Å². The molecule has 0 saturated carbocycles. The summed E-state index contributed by atoms with van der Waals surface area (Å²) in [5.41, 5.74) is 4.80. The Kier molecular flexibility index (Phi) is 3.67. The van der Waals surface area contributed by atoms with Crippen LogP contribution in [-0.4, -0.2) is 13.1 Å². The Bertz CT molecular complexity index is 380. The fourth-order valence-corrected chi connectivity index (χ4v) is 1.40. The minimum atomic E-state index is -0.328. The lowest BCUT2D eigenvalue weighted by Crippen LogP contribution is -1.94. The maximum absolute atomic E-state index is 10.9. The summed E-state index contributed by atoms with van der Waals surface area (Å²) < 4.78 is 4.53. The molecule has 0 aliphatic heterocycles. The number of hydrogen-bond acceptors (Lipinski definition) is 2. The van der Waals surface area contributed by atoms with Gasteiger partial charge in [0, 0.05) is 6.08 Å². The molecule has 1 aromatic rings. The largest absolute Gasteiger partial charge is 0.466 e. The van der Waals surface area contributed by atoms with Crippen molar-refractivity contribution in [3.05, 3.63) is 40.5 Å². The van der Waals surface area contributed by atoms with E-state index < -0.39 is 0 Å². The van der Waals surface area contributed by atoms with Crippen LogP contribution in [0.25, 0.3) is 6.08 Å². The summed E-state index contributed by atoms with van der Waals surface area (Å²) in [6.07, 6.45) is 3.20. The summed E-state index contributed by atoms with van der Waals surface area (Å²) in [4.78, 5) is 10.9. The molecule has 0 radical (unpaired) electrons. The van der Waals surface area contributed by atoms with E-state index in [2.05, 4.69) is 37.6 Å². The number of rotatable bonds is 2. The highest BCUT2D eigenvalue weighted by molar-refractivity contribution is 5.87. The van der Waals surface area contributed by atoms with Gasteiger partial charge in [0.15, 0.2) is 0 Å². The van der Waals surface area contributed by atoms with Crippen molar-refractivity contribution in [3.63, 3.8) is 0 Å². The molecule has 15 heavy (non-hydrogen) atoms. The quantitative estimate of drug-likeness (QED) is 0.547. The molecule has 0 unspecified atom stereocenters. The first-order valence-corrected chi connectivity index (χ1v) is 4.88. The molecule has 1 aromatic carbocycles. The molecule has 0 aromatic heterocycles. The van der Waals surface area contributed by atoms with E-state index in [1.165, 1.54) is 29.9 Å². The molecule has 0 atom stereocenters. The first kappa shape index (κ1) is 11.5. The number of carbonyl (C=O) groups is 1. The maximum Gasteiger partial charge on any atom is 0.330 e. The van der Waals surface area contributed by atoms with Gasteiger partial charge in [-0.3, -0.25) is 0 Å². The zero-order chi connectivity index (χ0) is 11.4. The smallest absolute Gasteiger partial charge is 0.330 e. The van der Waals surface area contributed by atoms with Gasteiger partial charge in [-0.05, 0) is 49.1 Å². The van der Waals surface area contributed by atoms with Gasteiger partial charge in [-0.15, -0.1) is 0 Å². The van der Waals surface area contributed by atoms with Crippen LogP contribution in [0.15, 0.2) is 18.2 Å². The van der Waals surface area contributed by atoms with Crippen molar-refractivity contribution in [1.82, 2.24) is 0 Å². The number of methoxy groups -OCH3 is 1.